The van der Waals surface area contributed by atoms with Gasteiger partial charge in [-0.1, -0.05) is 12.1 Å². The van der Waals surface area contributed by atoms with Crippen LogP contribution in [-0.4, -0.2) is 4.98 Å². The zero-order valence-electron chi connectivity index (χ0n) is 7.64. The van der Waals surface area contributed by atoms with Gasteiger partial charge < -0.3 is 16.8 Å². The molecule has 0 fully saturated rings. The Balaban J connectivity index is 2.39. The minimum absolute atomic E-state index is 0.470. The van der Waals surface area contributed by atoms with E-state index in [2.05, 4.69) is 10.3 Å². The van der Waals surface area contributed by atoms with Gasteiger partial charge in [-0.05, 0) is 30.5 Å². The van der Waals surface area contributed by atoms with Crippen LogP contribution in [0.5, 0.6) is 0 Å². The van der Waals surface area contributed by atoms with Crippen LogP contribution in [0, 0.1) is 0 Å². The number of allylic oxidation sites excluding steroid dienone is 2. The second-order valence-electron chi connectivity index (χ2n) is 3.18. The molecule has 0 aliphatic carbocycles. The molecule has 0 saturated heterocycles. The lowest BCUT2D eigenvalue weighted by Crippen LogP contribution is -2.47. The number of rotatable bonds is 1. The van der Waals surface area contributed by atoms with Gasteiger partial charge in [0.1, 0.15) is 11.5 Å². The predicted molar refractivity (Wildman–Crippen MR) is 55.9 cm³/mol. The molecular weight excluding hydrogens is 176 g/mol. The summed E-state index contributed by atoms with van der Waals surface area (Å²) in [6, 6.07) is 5.40. The van der Waals surface area contributed by atoms with Crippen molar-refractivity contribution in [1.82, 2.24) is 10.3 Å². The number of aromatic nitrogens is 1. The summed E-state index contributed by atoms with van der Waals surface area (Å²) in [4.78, 5) is 4.17. The van der Waals surface area contributed by atoms with Crippen molar-refractivity contribution in [3.8, 4) is 0 Å². The first-order chi connectivity index (χ1) is 6.71. The lowest BCUT2D eigenvalue weighted by Gasteiger charge is -2.27. The lowest BCUT2D eigenvalue weighted by atomic mass is 10.0. The largest absolute Gasteiger partial charge is 0.384 e. The molecule has 2 rings (SSSR count). The third kappa shape index (κ3) is 1.47. The molecule has 0 amide bonds. The summed E-state index contributed by atoms with van der Waals surface area (Å²) in [6.07, 6.45) is 7.37. The summed E-state index contributed by atoms with van der Waals surface area (Å²) in [6.45, 7) is 0. The number of nitrogens with one attached hydrogen (secondary N) is 1. The number of nitrogens with zero attached hydrogens (tertiary/aromatic N) is 1. The quantitative estimate of drug-likeness (QED) is 0.598. The highest BCUT2D eigenvalue weighted by atomic mass is 15.1. The zero-order valence-corrected chi connectivity index (χ0v) is 7.64. The Hall–Kier alpha value is -1.81. The van der Waals surface area contributed by atoms with Gasteiger partial charge in [-0.2, -0.15) is 0 Å². The minimum atomic E-state index is -0.746. The van der Waals surface area contributed by atoms with Gasteiger partial charge >= 0.3 is 0 Å². The molecule has 5 N–H and O–H groups in total. The van der Waals surface area contributed by atoms with Crippen molar-refractivity contribution in [3.05, 3.63) is 48.3 Å². The average Bonchev–Trinajstić information content (AvgIpc) is 2.19. The Kier molecular flexibility index (Phi) is 1.98. The van der Waals surface area contributed by atoms with Crippen LogP contribution in [0.25, 0.3) is 0 Å². The number of nitrogen functional groups attached to an aromatic ring is 1. The molecule has 2 heterocycles. The Morgan fingerprint density at radius 1 is 1.29 bits per heavy atom. The van der Waals surface area contributed by atoms with E-state index in [1.165, 1.54) is 0 Å². The van der Waals surface area contributed by atoms with E-state index in [0.717, 1.165) is 0 Å². The van der Waals surface area contributed by atoms with Gasteiger partial charge in [0.2, 0.25) is 0 Å². The fraction of sp³-hybridized carbons (Fsp3) is 0.100. The molecule has 14 heavy (non-hydrogen) atoms. The molecule has 4 heteroatoms. The molecule has 1 atom stereocenters. The number of dihydropyridines is 1. The summed E-state index contributed by atoms with van der Waals surface area (Å²) in [5, 5.41) is 3.03. The van der Waals surface area contributed by atoms with Gasteiger partial charge in [0.25, 0.3) is 0 Å². The fourth-order valence-corrected chi connectivity index (χ4v) is 1.34. The number of hydrogen-bond acceptors (Lipinski definition) is 4. The maximum Gasteiger partial charge on any atom is 0.149 e. The van der Waals surface area contributed by atoms with Gasteiger partial charge in [-0.15, -0.1) is 0 Å². The molecule has 4 nitrogen and oxygen atoms in total. The molecular formula is C10H12N4. The van der Waals surface area contributed by atoms with Gasteiger partial charge in [-0.3, -0.25) is 0 Å². The van der Waals surface area contributed by atoms with Crippen LogP contribution < -0.4 is 16.8 Å². The SMILES string of the molecule is Nc1cccc(C2(N)C=CC=CN2)n1. The van der Waals surface area contributed by atoms with Crippen molar-refractivity contribution < 1.29 is 0 Å². The molecule has 0 aromatic carbocycles. The standard InChI is InChI=1S/C10H12N4/c11-9-5-3-4-8(14-9)10(12)6-1-2-7-13-10/h1-7,13H,12H2,(H2,11,14). The second-order valence-corrected chi connectivity index (χ2v) is 3.18. The first-order valence-corrected chi connectivity index (χ1v) is 4.35. The van der Waals surface area contributed by atoms with E-state index in [0.29, 0.717) is 11.5 Å². The number of anilines is 1. The van der Waals surface area contributed by atoms with E-state index in [1.54, 1.807) is 12.3 Å². The highest BCUT2D eigenvalue weighted by molar-refractivity contribution is 5.35. The van der Waals surface area contributed by atoms with Gasteiger partial charge in [0.05, 0.1) is 5.69 Å². The first kappa shape index (κ1) is 8.77. The van der Waals surface area contributed by atoms with Gasteiger partial charge in [0, 0.05) is 0 Å². The van der Waals surface area contributed by atoms with E-state index < -0.39 is 5.66 Å². The zero-order chi connectivity index (χ0) is 10.0. The number of pyridine rings is 1. The molecule has 1 aliphatic heterocycles. The molecule has 0 saturated carbocycles. The Bertz CT molecular complexity index is 397. The molecule has 1 aliphatic rings. The van der Waals surface area contributed by atoms with Crippen LogP contribution in [0.2, 0.25) is 0 Å². The van der Waals surface area contributed by atoms with Crippen molar-refractivity contribution in [2.45, 2.75) is 5.66 Å². The van der Waals surface area contributed by atoms with Gasteiger partial charge in [0.15, 0.2) is 0 Å². The Morgan fingerprint density at radius 3 is 2.79 bits per heavy atom. The summed E-state index contributed by atoms with van der Waals surface area (Å²) < 4.78 is 0. The smallest absolute Gasteiger partial charge is 0.149 e. The predicted octanol–water partition coefficient (Wildman–Crippen LogP) is 0.448. The third-order valence-electron chi connectivity index (χ3n) is 2.08. The molecule has 72 valence electrons. The van der Waals surface area contributed by atoms with E-state index in [-0.39, 0.29) is 0 Å². The molecule has 0 bridgehead atoms. The van der Waals surface area contributed by atoms with Crippen LogP contribution in [0.15, 0.2) is 42.6 Å². The summed E-state index contributed by atoms with van der Waals surface area (Å²) >= 11 is 0. The fourth-order valence-electron chi connectivity index (χ4n) is 1.34. The van der Waals surface area contributed by atoms with Crippen molar-refractivity contribution >= 4 is 5.82 Å². The number of nitrogens with two attached hydrogens (primary N) is 2. The highest BCUT2D eigenvalue weighted by Crippen LogP contribution is 2.17. The van der Waals surface area contributed by atoms with Crippen molar-refractivity contribution in [1.29, 1.82) is 0 Å². The monoisotopic (exact) mass is 188 g/mol. The normalized spacial score (nSPS) is 24.6. The van der Waals surface area contributed by atoms with Crippen molar-refractivity contribution in [2.75, 3.05) is 5.73 Å². The maximum absolute atomic E-state index is 6.08. The molecule has 1 aromatic heterocycles. The molecule has 1 aromatic rings. The summed E-state index contributed by atoms with van der Waals surface area (Å²) in [5.74, 6) is 0.470. The van der Waals surface area contributed by atoms with E-state index in [9.17, 15) is 0 Å². The maximum atomic E-state index is 6.08. The topological polar surface area (TPSA) is 77.0 Å². The molecule has 0 radical (unpaired) electrons. The van der Waals surface area contributed by atoms with Crippen LogP contribution in [-0.2, 0) is 5.66 Å². The first-order valence-electron chi connectivity index (χ1n) is 4.35. The Labute approximate surface area is 82.3 Å². The second kappa shape index (κ2) is 3.16. The van der Waals surface area contributed by atoms with Crippen LogP contribution in [0.4, 0.5) is 5.82 Å². The van der Waals surface area contributed by atoms with E-state index in [1.807, 2.05) is 30.4 Å². The van der Waals surface area contributed by atoms with Crippen LogP contribution in [0.3, 0.4) is 0 Å². The van der Waals surface area contributed by atoms with E-state index >= 15 is 0 Å². The highest BCUT2D eigenvalue weighted by Gasteiger charge is 2.25. The number of hydrogen-bond donors (Lipinski definition) is 3. The summed E-state index contributed by atoms with van der Waals surface area (Å²) in [7, 11) is 0. The van der Waals surface area contributed by atoms with E-state index in [4.69, 9.17) is 11.5 Å². The van der Waals surface area contributed by atoms with Gasteiger partial charge in [-0.25, -0.2) is 4.98 Å². The minimum Gasteiger partial charge on any atom is -0.384 e. The third-order valence-corrected chi connectivity index (χ3v) is 2.08. The van der Waals surface area contributed by atoms with Crippen molar-refractivity contribution in [3.63, 3.8) is 0 Å². The lowest BCUT2D eigenvalue weighted by molar-refractivity contribution is 0.480. The van der Waals surface area contributed by atoms with Crippen molar-refractivity contribution in [2.24, 2.45) is 5.73 Å². The summed E-state index contributed by atoms with van der Waals surface area (Å²) in [5.41, 5.74) is 11.6. The Morgan fingerprint density at radius 2 is 2.14 bits per heavy atom. The molecule has 1 unspecified atom stereocenters. The average molecular weight is 188 g/mol. The molecule has 0 spiro atoms. The van der Waals surface area contributed by atoms with Crippen LogP contribution >= 0.6 is 0 Å². The van der Waals surface area contributed by atoms with Crippen LogP contribution in [0.1, 0.15) is 5.69 Å².